The van der Waals surface area contributed by atoms with E-state index in [1.54, 1.807) is 22.9 Å². The molecule has 0 saturated carbocycles. The number of ketones is 1. The number of benzene rings is 3. The minimum atomic E-state index is -0.506. The van der Waals surface area contributed by atoms with Crippen molar-refractivity contribution in [2.75, 3.05) is 7.11 Å². The summed E-state index contributed by atoms with van der Waals surface area (Å²) in [4.78, 5) is 24.8. The molecule has 0 saturated heterocycles. The summed E-state index contributed by atoms with van der Waals surface area (Å²) in [6.45, 7) is 0. The zero-order chi connectivity index (χ0) is 22.1. The fourth-order valence-electron chi connectivity index (χ4n) is 3.60. The number of methoxy groups -OCH3 is 1. The summed E-state index contributed by atoms with van der Waals surface area (Å²) in [6.07, 6.45) is 3.55. The molecule has 0 radical (unpaired) electrons. The topological polar surface area (TPSA) is 70.4 Å². The number of fused-ring (bicyclic) bond motifs is 1. The molecule has 6 nitrogen and oxygen atoms in total. The number of Topliss-reactive ketones (excluding diaryl/α,β-unsaturated/α-hetero) is 1. The van der Waals surface area contributed by atoms with Gasteiger partial charge in [0, 0.05) is 17.3 Å². The highest BCUT2D eigenvalue weighted by atomic mass is 16.5. The third-order valence-corrected chi connectivity index (χ3v) is 5.19. The lowest BCUT2D eigenvalue weighted by molar-refractivity contribution is 0.0600. The van der Waals surface area contributed by atoms with E-state index in [1.165, 1.54) is 13.2 Å². The molecule has 1 aliphatic heterocycles. The number of hydrogen-bond acceptors (Lipinski definition) is 5. The van der Waals surface area contributed by atoms with Crippen LogP contribution in [-0.2, 0) is 4.74 Å². The fraction of sp³-hybridized carbons (Fsp3) is 0.0385. The number of ether oxygens (including phenoxy) is 2. The van der Waals surface area contributed by atoms with Gasteiger partial charge in [-0.1, -0.05) is 48.5 Å². The Morgan fingerprint density at radius 2 is 1.72 bits per heavy atom. The van der Waals surface area contributed by atoms with E-state index in [-0.39, 0.29) is 11.5 Å². The smallest absolute Gasteiger partial charge is 0.337 e. The van der Waals surface area contributed by atoms with E-state index in [9.17, 15) is 9.59 Å². The van der Waals surface area contributed by atoms with Crippen molar-refractivity contribution in [3.8, 4) is 22.7 Å². The molecule has 1 aromatic heterocycles. The van der Waals surface area contributed by atoms with E-state index in [0.717, 1.165) is 22.5 Å². The molecular weight excluding hydrogens is 404 g/mol. The Bertz CT molecular complexity index is 1360. The second-order valence-corrected chi connectivity index (χ2v) is 7.22. The SMILES string of the molecule is COC(=O)c1ccc2c(c1)C(=O)/C(=C/c1cn(-c3ccccc3)nc1-c1ccccc1)O2. The number of hydrogen-bond donors (Lipinski definition) is 0. The second-order valence-electron chi connectivity index (χ2n) is 7.22. The Labute approximate surface area is 184 Å². The Hall–Kier alpha value is -4.45. The number of nitrogens with zero attached hydrogens (tertiary/aromatic N) is 2. The first-order valence-corrected chi connectivity index (χ1v) is 10.0. The minimum Gasteiger partial charge on any atom is -0.465 e. The summed E-state index contributed by atoms with van der Waals surface area (Å²) in [5.41, 5.74) is 3.92. The van der Waals surface area contributed by atoms with Crippen LogP contribution in [0.2, 0.25) is 0 Å². The van der Waals surface area contributed by atoms with E-state index in [4.69, 9.17) is 14.6 Å². The molecule has 0 N–H and O–H groups in total. The maximum atomic E-state index is 13.0. The van der Waals surface area contributed by atoms with Gasteiger partial charge in [0.1, 0.15) is 11.4 Å². The van der Waals surface area contributed by atoms with Crippen LogP contribution < -0.4 is 4.74 Å². The zero-order valence-electron chi connectivity index (χ0n) is 17.2. The van der Waals surface area contributed by atoms with E-state index in [1.807, 2.05) is 66.9 Å². The lowest BCUT2D eigenvalue weighted by Gasteiger charge is -2.01. The second kappa shape index (κ2) is 8.00. The zero-order valence-corrected chi connectivity index (χ0v) is 17.2. The first kappa shape index (κ1) is 19.5. The van der Waals surface area contributed by atoms with Crippen LogP contribution in [0.3, 0.4) is 0 Å². The van der Waals surface area contributed by atoms with Crippen LogP contribution in [0.25, 0.3) is 23.0 Å². The van der Waals surface area contributed by atoms with Crippen LogP contribution in [0, 0.1) is 0 Å². The molecule has 1 aliphatic rings. The summed E-state index contributed by atoms with van der Waals surface area (Å²) < 4.78 is 12.3. The van der Waals surface area contributed by atoms with Gasteiger partial charge in [0.05, 0.1) is 23.9 Å². The van der Waals surface area contributed by atoms with Gasteiger partial charge in [-0.25, -0.2) is 9.48 Å². The molecule has 4 aromatic rings. The van der Waals surface area contributed by atoms with Crippen LogP contribution in [0.15, 0.2) is 90.8 Å². The van der Waals surface area contributed by atoms with Crippen molar-refractivity contribution >= 4 is 17.8 Å². The Morgan fingerprint density at radius 1 is 1.00 bits per heavy atom. The molecule has 0 aliphatic carbocycles. The third-order valence-electron chi connectivity index (χ3n) is 5.19. The minimum absolute atomic E-state index is 0.173. The maximum absolute atomic E-state index is 13.0. The predicted octanol–water partition coefficient (Wildman–Crippen LogP) is 4.94. The monoisotopic (exact) mass is 422 g/mol. The Balaban J connectivity index is 1.58. The van der Waals surface area contributed by atoms with E-state index in [2.05, 4.69) is 0 Å². The van der Waals surface area contributed by atoms with Crippen LogP contribution >= 0.6 is 0 Å². The Morgan fingerprint density at radius 3 is 2.44 bits per heavy atom. The predicted molar refractivity (Wildman–Crippen MR) is 120 cm³/mol. The summed E-state index contributed by atoms with van der Waals surface area (Å²) >= 11 is 0. The number of allylic oxidation sites excluding steroid dienone is 1. The van der Waals surface area contributed by atoms with Gasteiger partial charge in [-0.05, 0) is 36.4 Å². The average molecular weight is 422 g/mol. The van der Waals surface area contributed by atoms with E-state index >= 15 is 0 Å². The van der Waals surface area contributed by atoms with Gasteiger partial charge in [0.2, 0.25) is 5.78 Å². The number of carbonyl (C=O) groups excluding carboxylic acids is 2. The lowest BCUT2D eigenvalue weighted by Crippen LogP contribution is -2.03. The van der Waals surface area contributed by atoms with Crippen molar-refractivity contribution in [2.24, 2.45) is 0 Å². The largest absolute Gasteiger partial charge is 0.465 e. The van der Waals surface area contributed by atoms with Gasteiger partial charge in [-0.2, -0.15) is 5.10 Å². The van der Waals surface area contributed by atoms with E-state index < -0.39 is 5.97 Å². The van der Waals surface area contributed by atoms with Gasteiger partial charge < -0.3 is 9.47 Å². The van der Waals surface area contributed by atoms with E-state index in [0.29, 0.717) is 16.9 Å². The molecular formula is C26H18N2O4. The highest BCUT2D eigenvalue weighted by Crippen LogP contribution is 2.34. The number of carbonyl (C=O) groups is 2. The summed E-state index contributed by atoms with van der Waals surface area (Å²) in [7, 11) is 1.30. The van der Waals surface area contributed by atoms with Gasteiger partial charge >= 0.3 is 5.97 Å². The van der Waals surface area contributed by atoms with Crippen LogP contribution in [-0.4, -0.2) is 28.6 Å². The molecule has 0 atom stereocenters. The van der Waals surface area contributed by atoms with Crippen molar-refractivity contribution in [1.82, 2.24) is 9.78 Å². The molecule has 32 heavy (non-hydrogen) atoms. The highest BCUT2D eigenvalue weighted by molar-refractivity contribution is 6.15. The molecule has 0 bridgehead atoms. The van der Waals surface area contributed by atoms with Crippen molar-refractivity contribution in [1.29, 1.82) is 0 Å². The van der Waals surface area contributed by atoms with Crippen LogP contribution in [0.5, 0.6) is 5.75 Å². The number of rotatable bonds is 4. The van der Waals surface area contributed by atoms with Crippen molar-refractivity contribution in [3.63, 3.8) is 0 Å². The number of para-hydroxylation sites is 1. The Kier molecular flexibility index (Phi) is 4.88. The van der Waals surface area contributed by atoms with Crippen LogP contribution in [0.1, 0.15) is 26.3 Å². The van der Waals surface area contributed by atoms with Gasteiger partial charge in [-0.15, -0.1) is 0 Å². The maximum Gasteiger partial charge on any atom is 0.337 e. The first-order chi connectivity index (χ1) is 15.6. The summed E-state index contributed by atoms with van der Waals surface area (Å²) in [6, 6.07) is 24.2. The molecule has 0 spiro atoms. The molecule has 0 fully saturated rings. The molecule has 6 heteroatoms. The quantitative estimate of drug-likeness (QED) is 0.344. The molecule has 2 heterocycles. The molecule has 0 unspecified atom stereocenters. The van der Waals surface area contributed by atoms with Crippen molar-refractivity contribution in [2.45, 2.75) is 0 Å². The molecule has 156 valence electrons. The summed E-state index contributed by atoms with van der Waals surface area (Å²) in [5, 5.41) is 4.76. The van der Waals surface area contributed by atoms with Gasteiger partial charge in [-0.3, -0.25) is 4.79 Å². The first-order valence-electron chi connectivity index (χ1n) is 10.0. The number of esters is 1. The molecule has 0 amide bonds. The highest BCUT2D eigenvalue weighted by Gasteiger charge is 2.29. The van der Waals surface area contributed by atoms with Crippen molar-refractivity contribution < 1.29 is 19.1 Å². The number of aromatic nitrogens is 2. The molecule has 5 rings (SSSR count). The standard InChI is InChI=1S/C26H18N2O4/c1-31-26(30)18-12-13-22-21(14-18)25(29)23(32-22)15-19-16-28(20-10-6-3-7-11-20)27-24(19)17-8-4-2-5-9-17/h2-16H,1H3/b23-15-. The molecule has 3 aromatic carbocycles. The van der Waals surface area contributed by atoms with Gasteiger partial charge in [0.25, 0.3) is 0 Å². The van der Waals surface area contributed by atoms with Crippen molar-refractivity contribution in [3.05, 3.63) is 108 Å². The summed E-state index contributed by atoms with van der Waals surface area (Å²) in [5.74, 6) is -0.219. The fourth-order valence-corrected chi connectivity index (χ4v) is 3.60. The lowest BCUT2D eigenvalue weighted by atomic mass is 10.0. The van der Waals surface area contributed by atoms with Gasteiger partial charge in [0.15, 0.2) is 5.76 Å². The average Bonchev–Trinajstić information content (AvgIpc) is 3.41. The van der Waals surface area contributed by atoms with Crippen LogP contribution in [0.4, 0.5) is 0 Å². The normalized spacial score (nSPS) is 13.7. The third kappa shape index (κ3) is 3.48.